The van der Waals surface area contributed by atoms with Crippen molar-refractivity contribution in [3.05, 3.63) is 22.4 Å². The van der Waals surface area contributed by atoms with Crippen molar-refractivity contribution in [2.24, 2.45) is 0 Å². The van der Waals surface area contributed by atoms with E-state index in [1.807, 2.05) is 28.8 Å². The fraction of sp³-hybridized carbons (Fsp3) is 0.545. The number of nitrogens with zero attached hydrogens (tertiary/aromatic N) is 2. The van der Waals surface area contributed by atoms with E-state index >= 15 is 0 Å². The van der Waals surface area contributed by atoms with Gasteiger partial charge in [0.05, 0.1) is 13.2 Å². The first-order valence-electron chi connectivity index (χ1n) is 5.18. The zero-order chi connectivity index (χ0) is 12.0. The number of amides is 1. The van der Waals surface area contributed by atoms with E-state index in [1.165, 1.54) is 0 Å². The van der Waals surface area contributed by atoms with E-state index in [1.54, 1.807) is 23.3 Å². The lowest BCUT2D eigenvalue weighted by Gasteiger charge is -2.20. The van der Waals surface area contributed by atoms with Crippen LogP contribution in [0.2, 0.25) is 0 Å². The SMILES string of the molecule is CN(CCO)CC(=O)N(C)Cc1ccsc1. The van der Waals surface area contributed by atoms with Crippen LogP contribution in [0.1, 0.15) is 5.56 Å². The molecule has 0 bridgehead atoms. The Hall–Kier alpha value is -0.910. The van der Waals surface area contributed by atoms with Gasteiger partial charge in [-0.15, -0.1) is 0 Å². The third-order valence-electron chi connectivity index (χ3n) is 2.31. The molecule has 0 spiro atoms. The highest BCUT2D eigenvalue weighted by atomic mass is 32.1. The van der Waals surface area contributed by atoms with Gasteiger partial charge in [0.1, 0.15) is 0 Å². The molecular formula is C11H18N2O2S. The van der Waals surface area contributed by atoms with E-state index in [0.29, 0.717) is 19.6 Å². The molecular weight excluding hydrogens is 224 g/mol. The zero-order valence-electron chi connectivity index (χ0n) is 9.72. The second-order valence-corrected chi connectivity index (χ2v) is 4.62. The van der Waals surface area contributed by atoms with Crippen LogP contribution in [0.4, 0.5) is 0 Å². The summed E-state index contributed by atoms with van der Waals surface area (Å²) in [5, 5.41) is 12.8. The summed E-state index contributed by atoms with van der Waals surface area (Å²) in [6.07, 6.45) is 0. The van der Waals surface area contributed by atoms with Crippen LogP contribution in [0.5, 0.6) is 0 Å². The lowest BCUT2D eigenvalue weighted by molar-refractivity contribution is -0.131. The second-order valence-electron chi connectivity index (χ2n) is 3.84. The van der Waals surface area contributed by atoms with Crippen molar-refractivity contribution in [3.63, 3.8) is 0 Å². The molecule has 1 rings (SSSR count). The summed E-state index contributed by atoms with van der Waals surface area (Å²) >= 11 is 1.63. The number of rotatable bonds is 6. The van der Waals surface area contributed by atoms with Gasteiger partial charge in [0.15, 0.2) is 0 Å². The van der Waals surface area contributed by atoms with E-state index in [-0.39, 0.29) is 12.5 Å². The molecule has 4 nitrogen and oxygen atoms in total. The summed E-state index contributed by atoms with van der Waals surface area (Å²) in [7, 11) is 3.62. The van der Waals surface area contributed by atoms with Gasteiger partial charge in [0.25, 0.3) is 0 Å². The topological polar surface area (TPSA) is 43.8 Å². The maximum absolute atomic E-state index is 11.8. The summed E-state index contributed by atoms with van der Waals surface area (Å²) in [6, 6.07) is 2.02. The Labute approximate surface area is 100 Å². The highest BCUT2D eigenvalue weighted by Crippen LogP contribution is 2.08. The van der Waals surface area contributed by atoms with Crippen LogP contribution in [0.15, 0.2) is 16.8 Å². The van der Waals surface area contributed by atoms with Crippen LogP contribution in [-0.4, -0.2) is 54.6 Å². The van der Waals surface area contributed by atoms with Gasteiger partial charge >= 0.3 is 0 Å². The number of likely N-dealkylation sites (N-methyl/N-ethyl adjacent to an activating group) is 2. The van der Waals surface area contributed by atoms with E-state index in [2.05, 4.69) is 0 Å². The van der Waals surface area contributed by atoms with Crippen molar-refractivity contribution in [2.75, 3.05) is 33.8 Å². The van der Waals surface area contributed by atoms with Gasteiger partial charge in [-0.3, -0.25) is 9.69 Å². The molecule has 0 aliphatic carbocycles. The van der Waals surface area contributed by atoms with Gasteiger partial charge in [-0.2, -0.15) is 11.3 Å². The molecule has 0 aliphatic heterocycles. The van der Waals surface area contributed by atoms with E-state index in [9.17, 15) is 4.79 Å². The van der Waals surface area contributed by atoms with E-state index in [0.717, 1.165) is 5.56 Å². The summed E-state index contributed by atoms with van der Waals surface area (Å²) in [4.78, 5) is 15.3. The van der Waals surface area contributed by atoms with E-state index in [4.69, 9.17) is 5.11 Å². The predicted molar refractivity (Wildman–Crippen MR) is 65.4 cm³/mol. The summed E-state index contributed by atoms with van der Waals surface area (Å²) in [6.45, 7) is 1.60. The molecule has 90 valence electrons. The minimum Gasteiger partial charge on any atom is -0.395 e. The number of aliphatic hydroxyl groups excluding tert-OH is 1. The van der Waals surface area contributed by atoms with Gasteiger partial charge in [-0.1, -0.05) is 0 Å². The van der Waals surface area contributed by atoms with E-state index < -0.39 is 0 Å². The Morgan fingerprint density at radius 2 is 2.25 bits per heavy atom. The Bertz CT molecular complexity index is 314. The molecule has 1 N–H and O–H groups in total. The number of carbonyl (C=O) groups excluding carboxylic acids is 1. The predicted octanol–water partition coefficient (Wildman–Crippen LogP) is 0.631. The van der Waals surface area contributed by atoms with Crippen LogP contribution < -0.4 is 0 Å². The molecule has 1 amide bonds. The smallest absolute Gasteiger partial charge is 0.236 e. The zero-order valence-corrected chi connectivity index (χ0v) is 10.5. The third kappa shape index (κ3) is 4.30. The monoisotopic (exact) mass is 242 g/mol. The Morgan fingerprint density at radius 3 is 2.81 bits per heavy atom. The van der Waals surface area contributed by atoms with Crippen LogP contribution in [0.25, 0.3) is 0 Å². The molecule has 1 aromatic rings. The first-order valence-corrected chi connectivity index (χ1v) is 6.12. The number of hydrogen-bond acceptors (Lipinski definition) is 4. The van der Waals surface area contributed by atoms with Crippen molar-refractivity contribution < 1.29 is 9.90 Å². The highest BCUT2D eigenvalue weighted by molar-refractivity contribution is 7.07. The lowest BCUT2D eigenvalue weighted by atomic mass is 10.3. The largest absolute Gasteiger partial charge is 0.395 e. The van der Waals surface area contributed by atoms with Crippen molar-refractivity contribution >= 4 is 17.2 Å². The molecule has 0 saturated carbocycles. The van der Waals surface area contributed by atoms with Gasteiger partial charge in [-0.25, -0.2) is 0 Å². The first-order chi connectivity index (χ1) is 7.63. The molecule has 0 radical (unpaired) electrons. The van der Waals surface area contributed by atoms with Crippen molar-refractivity contribution in [1.82, 2.24) is 9.80 Å². The molecule has 0 saturated heterocycles. The molecule has 0 fully saturated rings. The van der Waals surface area contributed by atoms with Crippen LogP contribution in [-0.2, 0) is 11.3 Å². The summed E-state index contributed by atoms with van der Waals surface area (Å²) in [5.74, 6) is 0.0714. The Balaban J connectivity index is 2.36. The average Bonchev–Trinajstić information content (AvgIpc) is 2.70. The molecule has 1 aromatic heterocycles. The number of hydrogen-bond donors (Lipinski definition) is 1. The molecule has 5 heteroatoms. The molecule has 1 heterocycles. The van der Waals surface area contributed by atoms with Crippen molar-refractivity contribution in [1.29, 1.82) is 0 Å². The van der Waals surface area contributed by atoms with Gasteiger partial charge in [0.2, 0.25) is 5.91 Å². The van der Waals surface area contributed by atoms with Crippen LogP contribution >= 0.6 is 11.3 Å². The maximum atomic E-state index is 11.8. The fourth-order valence-corrected chi connectivity index (χ4v) is 2.01. The number of carbonyl (C=O) groups is 1. The third-order valence-corrected chi connectivity index (χ3v) is 3.04. The molecule has 0 atom stereocenters. The standard InChI is InChI=1S/C11H18N2O2S/c1-12(4-5-14)8-11(15)13(2)7-10-3-6-16-9-10/h3,6,9,14H,4-5,7-8H2,1-2H3. The van der Waals surface area contributed by atoms with Crippen LogP contribution in [0, 0.1) is 0 Å². The molecule has 16 heavy (non-hydrogen) atoms. The fourth-order valence-electron chi connectivity index (χ4n) is 1.35. The molecule has 0 aromatic carbocycles. The molecule has 0 aliphatic rings. The summed E-state index contributed by atoms with van der Waals surface area (Å²) < 4.78 is 0. The van der Waals surface area contributed by atoms with Crippen molar-refractivity contribution in [2.45, 2.75) is 6.54 Å². The minimum absolute atomic E-state index is 0.0714. The van der Waals surface area contributed by atoms with Gasteiger partial charge in [0, 0.05) is 20.1 Å². The first kappa shape index (κ1) is 13.2. The Kier molecular flexibility index (Phi) is 5.45. The average molecular weight is 242 g/mol. The van der Waals surface area contributed by atoms with Crippen LogP contribution in [0.3, 0.4) is 0 Å². The Morgan fingerprint density at radius 1 is 1.50 bits per heavy atom. The summed E-state index contributed by atoms with van der Waals surface area (Å²) in [5.41, 5.74) is 1.16. The van der Waals surface area contributed by atoms with Gasteiger partial charge < -0.3 is 10.0 Å². The number of aliphatic hydroxyl groups is 1. The maximum Gasteiger partial charge on any atom is 0.236 e. The lowest BCUT2D eigenvalue weighted by Crippen LogP contribution is -2.37. The quantitative estimate of drug-likeness (QED) is 0.796. The minimum atomic E-state index is 0.0714. The second kappa shape index (κ2) is 6.62. The highest BCUT2D eigenvalue weighted by Gasteiger charge is 2.11. The molecule has 0 unspecified atom stereocenters. The van der Waals surface area contributed by atoms with Gasteiger partial charge in [-0.05, 0) is 29.4 Å². The number of thiophene rings is 1. The normalized spacial score (nSPS) is 10.8. The van der Waals surface area contributed by atoms with Crippen molar-refractivity contribution in [3.8, 4) is 0 Å².